The van der Waals surface area contributed by atoms with Crippen molar-refractivity contribution < 1.29 is 4.74 Å². The highest BCUT2D eigenvalue weighted by Gasteiger charge is 2.05. The molecule has 1 aromatic carbocycles. The van der Waals surface area contributed by atoms with Gasteiger partial charge in [0.2, 0.25) is 0 Å². The van der Waals surface area contributed by atoms with Crippen molar-refractivity contribution in [2.24, 2.45) is 4.99 Å². The van der Waals surface area contributed by atoms with Crippen LogP contribution in [0.15, 0.2) is 23.2 Å². The molecule has 0 spiro atoms. The van der Waals surface area contributed by atoms with E-state index >= 15 is 0 Å². The van der Waals surface area contributed by atoms with E-state index in [9.17, 15) is 0 Å². The van der Waals surface area contributed by atoms with Crippen molar-refractivity contribution in [3.63, 3.8) is 0 Å². The monoisotopic (exact) mass is 405 g/mol. The van der Waals surface area contributed by atoms with E-state index in [0.29, 0.717) is 6.54 Å². The van der Waals surface area contributed by atoms with Crippen LogP contribution in [0.4, 0.5) is 0 Å². The van der Waals surface area contributed by atoms with Crippen LogP contribution in [0.25, 0.3) is 0 Å². The van der Waals surface area contributed by atoms with E-state index in [1.807, 2.05) is 19.0 Å². The summed E-state index contributed by atoms with van der Waals surface area (Å²) in [5.74, 6) is 1.85. The maximum Gasteiger partial charge on any atom is 0.193 e. The van der Waals surface area contributed by atoms with Crippen LogP contribution in [0.2, 0.25) is 0 Å². The molecule has 0 fully saturated rings. The van der Waals surface area contributed by atoms with Gasteiger partial charge < -0.3 is 15.0 Å². The summed E-state index contributed by atoms with van der Waals surface area (Å²) < 4.78 is 5.82. The number of aryl methyl sites for hydroxylation is 1. The van der Waals surface area contributed by atoms with Crippen LogP contribution in [0.5, 0.6) is 5.75 Å². The zero-order chi connectivity index (χ0) is 15.0. The summed E-state index contributed by atoms with van der Waals surface area (Å²) >= 11 is 0. The molecule has 0 aromatic heterocycles. The third-order valence-electron chi connectivity index (χ3n) is 2.84. The standard InChI is InChI=1S/C16H27N3O.HI/c1-6-10-20-15-11-13(3)8-9-14(15)12-18-16(17-7-2)19(4)5;/h8-9,11H,6-7,10,12H2,1-5H3,(H,17,18);1H. The Morgan fingerprint density at radius 3 is 2.57 bits per heavy atom. The van der Waals surface area contributed by atoms with Crippen LogP contribution in [-0.4, -0.2) is 38.1 Å². The van der Waals surface area contributed by atoms with Crippen LogP contribution in [0, 0.1) is 6.92 Å². The van der Waals surface area contributed by atoms with Crippen molar-refractivity contribution >= 4 is 29.9 Å². The SMILES string of the molecule is CCCOc1cc(C)ccc1CN=C(NCC)N(C)C.I. The van der Waals surface area contributed by atoms with Crippen molar-refractivity contribution in [3.05, 3.63) is 29.3 Å². The highest BCUT2D eigenvalue weighted by Crippen LogP contribution is 2.21. The average molecular weight is 405 g/mol. The topological polar surface area (TPSA) is 36.9 Å². The van der Waals surface area contributed by atoms with E-state index in [1.54, 1.807) is 0 Å². The van der Waals surface area contributed by atoms with Crippen molar-refractivity contribution in [2.75, 3.05) is 27.2 Å². The molecule has 0 radical (unpaired) electrons. The van der Waals surface area contributed by atoms with Crippen molar-refractivity contribution in [2.45, 2.75) is 33.7 Å². The van der Waals surface area contributed by atoms with Gasteiger partial charge in [0.05, 0.1) is 13.2 Å². The summed E-state index contributed by atoms with van der Waals surface area (Å²) in [6, 6.07) is 6.29. The van der Waals surface area contributed by atoms with Crippen molar-refractivity contribution in [3.8, 4) is 5.75 Å². The summed E-state index contributed by atoms with van der Waals surface area (Å²) in [6.45, 7) is 8.50. The van der Waals surface area contributed by atoms with Gasteiger partial charge in [-0.05, 0) is 31.9 Å². The Balaban J connectivity index is 0.00000400. The smallest absolute Gasteiger partial charge is 0.193 e. The molecule has 4 nitrogen and oxygen atoms in total. The first-order valence-corrected chi connectivity index (χ1v) is 7.26. The van der Waals surface area contributed by atoms with E-state index in [1.165, 1.54) is 5.56 Å². The molecule has 0 bridgehead atoms. The lowest BCUT2D eigenvalue weighted by Gasteiger charge is -2.17. The van der Waals surface area contributed by atoms with Crippen molar-refractivity contribution in [1.29, 1.82) is 0 Å². The molecule has 0 atom stereocenters. The first-order chi connectivity index (χ1) is 9.58. The minimum atomic E-state index is 0. The molecule has 0 saturated carbocycles. The quantitative estimate of drug-likeness (QED) is 0.448. The maximum absolute atomic E-state index is 5.82. The summed E-state index contributed by atoms with van der Waals surface area (Å²) in [4.78, 5) is 6.62. The largest absolute Gasteiger partial charge is 0.493 e. The van der Waals surface area contributed by atoms with Gasteiger partial charge in [0.25, 0.3) is 0 Å². The number of guanidine groups is 1. The number of hydrogen-bond acceptors (Lipinski definition) is 2. The van der Waals surface area contributed by atoms with Crippen LogP contribution < -0.4 is 10.1 Å². The number of nitrogens with zero attached hydrogens (tertiary/aromatic N) is 2. The Morgan fingerprint density at radius 1 is 1.29 bits per heavy atom. The molecule has 0 aliphatic rings. The van der Waals surface area contributed by atoms with Gasteiger partial charge in [0.1, 0.15) is 5.75 Å². The molecule has 0 amide bonds. The van der Waals surface area contributed by atoms with E-state index in [4.69, 9.17) is 4.74 Å². The van der Waals surface area contributed by atoms with Crippen LogP contribution in [-0.2, 0) is 6.54 Å². The molecule has 0 aliphatic carbocycles. The lowest BCUT2D eigenvalue weighted by Crippen LogP contribution is -2.36. The van der Waals surface area contributed by atoms with Gasteiger partial charge in [-0.2, -0.15) is 0 Å². The minimum absolute atomic E-state index is 0. The number of ether oxygens (including phenoxy) is 1. The Bertz CT molecular complexity index is 447. The molecule has 120 valence electrons. The van der Waals surface area contributed by atoms with E-state index in [0.717, 1.165) is 36.8 Å². The first kappa shape index (κ1) is 20.0. The summed E-state index contributed by atoms with van der Waals surface area (Å²) in [7, 11) is 3.98. The molecular weight excluding hydrogens is 377 g/mol. The second-order valence-corrected chi connectivity index (χ2v) is 5.02. The van der Waals surface area contributed by atoms with Crippen molar-refractivity contribution in [1.82, 2.24) is 10.2 Å². The maximum atomic E-state index is 5.82. The number of benzene rings is 1. The first-order valence-electron chi connectivity index (χ1n) is 7.26. The Hall–Kier alpha value is -0.980. The predicted octanol–water partition coefficient (Wildman–Crippen LogP) is 3.43. The molecule has 1 N–H and O–H groups in total. The highest BCUT2D eigenvalue weighted by molar-refractivity contribution is 14.0. The summed E-state index contributed by atoms with van der Waals surface area (Å²) in [5, 5.41) is 3.26. The number of rotatable bonds is 6. The average Bonchev–Trinajstić information content (AvgIpc) is 2.42. The Kier molecular flexibility index (Phi) is 10.2. The molecule has 1 aromatic rings. The molecule has 1 rings (SSSR count). The molecule has 21 heavy (non-hydrogen) atoms. The fourth-order valence-corrected chi connectivity index (χ4v) is 1.81. The van der Waals surface area contributed by atoms with Crippen LogP contribution in [0.3, 0.4) is 0 Å². The molecule has 0 aliphatic heterocycles. The second-order valence-electron chi connectivity index (χ2n) is 5.02. The zero-order valence-corrected chi connectivity index (χ0v) is 16.1. The summed E-state index contributed by atoms with van der Waals surface area (Å²) in [5.41, 5.74) is 2.34. The normalized spacial score (nSPS) is 10.8. The lowest BCUT2D eigenvalue weighted by molar-refractivity contribution is 0.314. The molecule has 0 heterocycles. The van der Waals surface area contributed by atoms with Gasteiger partial charge in [-0.1, -0.05) is 19.1 Å². The highest BCUT2D eigenvalue weighted by atomic mass is 127. The van der Waals surface area contributed by atoms with Crippen LogP contribution in [0.1, 0.15) is 31.4 Å². The fraction of sp³-hybridized carbons (Fsp3) is 0.562. The lowest BCUT2D eigenvalue weighted by atomic mass is 10.1. The van der Waals surface area contributed by atoms with Crippen LogP contribution >= 0.6 is 24.0 Å². The van der Waals surface area contributed by atoms with E-state index in [-0.39, 0.29) is 24.0 Å². The third kappa shape index (κ3) is 7.02. The van der Waals surface area contributed by atoms with Gasteiger partial charge in [0, 0.05) is 26.2 Å². The third-order valence-corrected chi connectivity index (χ3v) is 2.84. The fourth-order valence-electron chi connectivity index (χ4n) is 1.81. The molecular formula is C16H28IN3O. The number of aliphatic imine (C=N–C) groups is 1. The van der Waals surface area contributed by atoms with Gasteiger partial charge in [0.15, 0.2) is 5.96 Å². The molecule has 0 saturated heterocycles. The Labute approximate surface area is 146 Å². The van der Waals surface area contributed by atoms with Gasteiger partial charge in [-0.3, -0.25) is 0 Å². The van der Waals surface area contributed by atoms with Gasteiger partial charge in [-0.25, -0.2) is 4.99 Å². The van der Waals surface area contributed by atoms with Gasteiger partial charge >= 0.3 is 0 Å². The molecule has 5 heteroatoms. The minimum Gasteiger partial charge on any atom is -0.493 e. The number of halogens is 1. The van der Waals surface area contributed by atoms with Gasteiger partial charge in [-0.15, -0.1) is 24.0 Å². The predicted molar refractivity (Wildman–Crippen MR) is 101 cm³/mol. The molecule has 0 unspecified atom stereocenters. The number of hydrogen-bond donors (Lipinski definition) is 1. The zero-order valence-electron chi connectivity index (χ0n) is 13.8. The number of nitrogens with one attached hydrogen (secondary N) is 1. The van der Waals surface area contributed by atoms with E-state index in [2.05, 4.69) is 49.3 Å². The second kappa shape index (κ2) is 10.7. The Morgan fingerprint density at radius 2 is 2.00 bits per heavy atom. The summed E-state index contributed by atoms with van der Waals surface area (Å²) in [6.07, 6.45) is 1.01. The van der Waals surface area contributed by atoms with E-state index < -0.39 is 0 Å².